The van der Waals surface area contributed by atoms with Crippen molar-refractivity contribution in [3.63, 3.8) is 0 Å². The summed E-state index contributed by atoms with van der Waals surface area (Å²) < 4.78 is 60.1. The lowest BCUT2D eigenvalue weighted by molar-refractivity contribution is -0.137. The number of anilines is 1. The number of hydrogen-bond donors (Lipinski definition) is 2. The zero-order chi connectivity index (χ0) is 24.3. The minimum atomic E-state index is -4.00. The van der Waals surface area contributed by atoms with Crippen LogP contribution < -0.4 is 9.46 Å². The van der Waals surface area contributed by atoms with Gasteiger partial charge in [-0.2, -0.15) is 0 Å². The molecule has 2 aromatic carbocycles. The first-order valence-electron chi connectivity index (χ1n) is 9.77. The van der Waals surface area contributed by atoms with Crippen LogP contribution in [0.15, 0.2) is 40.1 Å². The molecule has 176 valence electrons. The van der Waals surface area contributed by atoms with Gasteiger partial charge in [0.05, 0.1) is 22.1 Å². The van der Waals surface area contributed by atoms with E-state index in [-0.39, 0.29) is 28.5 Å². The van der Waals surface area contributed by atoms with Crippen LogP contribution >= 0.6 is 0 Å². The highest BCUT2D eigenvalue weighted by atomic mass is 32.2. The Bertz CT molecular complexity index is 1220. The number of benzene rings is 2. The highest BCUT2D eigenvalue weighted by Crippen LogP contribution is 2.29. The van der Waals surface area contributed by atoms with Gasteiger partial charge in [-0.3, -0.25) is 9.52 Å². The van der Waals surface area contributed by atoms with Gasteiger partial charge >= 0.3 is 5.97 Å². The number of carbonyl (C=O) groups is 1. The van der Waals surface area contributed by atoms with E-state index < -0.39 is 26.0 Å². The lowest BCUT2D eigenvalue weighted by Crippen LogP contribution is -2.23. The van der Waals surface area contributed by atoms with E-state index in [1.165, 1.54) is 44.4 Å². The fraction of sp³-hybridized carbons (Fsp3) is 0.381. The molecule has 0 amide bonds. The molecule has 9 nitrogen and oxygen atoms in total. The maximum Gasteiger partial charge on any atom is 0.303 e. The summed E-state index contributed by atoms with van der Waals surface area (Å²) in [5.74, 6) is -0.453. The van der Waals surface area contributed by atoms with Crippen molar-refractivity contribution in [3.05, 3.63) is 47.0 Å². The topological polar surface area (TPSA) is 130 Å². The van der Waals surface area contributed by atoms with Gasteiger partial charge in [-0.05, 0) is 74.2 Å². The minimum absolute atomic E-state index is 0.00851. The molecule has 0 saturated heterocycles. The van der Waals surface area contributed by atoms with E-state index in [1.54, 1.807) is 20.8 Å². The number of nitrogens with one attached hydrogen (secondary N) is 1. The Labute approximate surface area is 189 Å². The molecule has 0 radical (unpaired) electrons. The lowest BCUT2D eigenvalue weighted by Gasteiger charge is -2.17. The molecule has 0 saturated carbocycles. The number of aryl methyl sites for hydroxylation is 2. The van der Waals surface area contributed by atoms with Gasteiger partial charge in [0, 0.05) is 20.5 Å². The molecule has 0 aromatic heterocycles. The van der Waals surface area contributed by atoms with Crippen LogP contribution in [0.25, 0.3) is 0 Å². The van der Waals surface area contributed by atoms with E-state index in [9.17, 15) is 21.6 Å². The predicted molar refractivity (Wildman–Crippen MR) is 121 cm³/mol. The molecule has 0 heterocycles. The lowest BCUT2D eigenvalue weighted by atomic mass is 10.1. The smallest absolute Gasteiger partial charge is 0.303 e. The van der Waals surface area contributed by atoms with Gasteiger partial charge in [-0.1, -0.05) is 0 Å². The molecule has 0 aliphatic heterocycles. The number of sulfonamides is 2. The van der Waals surface area contributed by atoms with Crippen LogP contribution in [0.2, 0.25) is 0 Å². The van der Waals surface area contributed by atoms with Crippen molar-refractivity contribution in [2.24, 2.45) is 0 Å². The zero-order valence-corrected chi connectivity index (χ0v) is 20.3. The normalized spacial score (nSPS) is 12.1. The number of ether oxygens (including phenoxy) is 1. The average molecular weight is 485 g/mol. The van der Waals surface area contributed by atoms with Gasteiger partial charge in [0.2, 0.25) is 10.0 Å². The highest BCUT2D eigenvalue weighted by Gasteiger charge is 2.22. The summed E-state index contributed by atoms with van der Waals surface area (Å²) in [5.41, 5.74) is 1.99. The molecule has 0 aliphatic rings. The molecule has 0 spiro atoms. The average Bonchev–Trinajstić information content (AvgIpc) is 2.68. The number of rotatable bonds is 10. The third kappa shape index (κ3) is 5.99. The van der Waals surface area contributed by atoms with E-state index in [1.807, 2.05) is 0 Å². The van der Waals surface area contributed by atoms with Gasteiger partial charge in [0.25, 0.3) is 10.0 Å². The van der Waals surface area contributed by atoms with E-state index >= 15 is 0 Å². The van der Waals surface area contributed by atoms with Gasteiger partial charge in [0.15, 0.2) is 0 Å². The van der Waals surface area contributed by atoms with E-state index in [2.05, 4.69) is 4.72 Å². The summed E-state index contributed by atoms with van der Waals surface area (Å²) in [6.45, 7) is 5.30. The Kier molecular flexibility index (Phi) is 7.92. The van der Waals surface area contributed by atoms with Crippen molar-refractivity contribution < 1.29 is 31.5 Å². The molecule has 32 heavy (non-hydrogen) atoms. The van der Waals surface area contributed by atoms with Crippen molar-refractivity contribution >= 4 is 31.7 Å². The minimum Gasteiger partial charge on any atom is -0.493 e. The molecular formula is C21H28N2O7S2. The summed E-state index contributed by atoms with van der Waals surface area (Å²) in [6, 6.07) is 7.14. The van der Waals surface area contributed by atoms with Crippen molar-refractivity contribution in [3.8, 4) is 5.75 Å². The highest BCUT2D eigenvalue weighted by molar-refractivity contribution is 7.92. The summed E-state index contributed by atoms with van der Waals surface area (Å²) in [5, 5.41) is 8.67. The Morgan fingerprint density at radius 2 is 1.62 bits per heavy atom. The quantitative estimate of drug-likeness (QED) is 0.496. The maximum atomic E-state index is 13.0. The first kappa shape index (κ1) is 25.6. The summed E-state index contributed by atoms with van der Waals surface area (Å²) in [7, 11) is -4.93. The Morgan fingerprint density at radius 1 is 1.00 bits per heavy atom. The first-order valence-corrected chi connectivity index (χ1v) is 12.7. The van der Waals surface area contributed by atoms with Crippen LogP contribution in [0.3, 0.4) is 0 Å². The van der Waals surface area contributed by atoms with Crippen LogP contribution in [-0.2, 0) is 24.8 Å². The van der Waals surface area contributed by atoms with E-state index in [0.29, 0.717) is 28.9 Å². The fourth-order valence-corrected chi connectivity index (χ4v) is 5.06. The third-order valence-electron chi connectivity index (χ3n) is 4.91. The number of carboxylic acids is 1. The largest absolute Gasteiger partial charge is 0.493 e. The van der Waals surface area contributed by atoms with Gasteiger partial charge < -0.3 is 9.84 Å². The van der Waals surface area contributed by atoms with Crippen LogP contribution in [0.5, 0.6) is 5.75 Å². The summed E-state index contributed by atoms with van der Waals surface area (Å²) >= 11 is 0. The van der Waals surface area contributed by atoms with Gasteiger partial charge in [-0.25, -0.2) is 21.1 Å². The standard InChI is InChI=1S/C21H28N2O7S2/c1-14-11-18(32(28,29)23(4)5)13-19(16(14)3)22-31(26,27)17-8-9-20(15(2)12-17)30-10-6-7-21(24)25/h8-9,11-13,22H,6-7,10H2,1-5H3,(H,24,25). The van der Waals surface area contributed by atoms with Gasteiger partial charge in [0.1, 0.15) is 5.75 Å². The fourth-order valence-electron chi connectivity index (χ4n) is 2.85. The third-order valence-corrected chi connectivity index (χ3v) is 8.07. The summed E-state index contributed by atoms with van der Waals surface area (Å²) in [4.78, 5) is 10.6. The van der Waals surface area contributed by atoms with E-state index in [0.717, 1.165) is 4.31 Å². The molecule has 0 unspecified atom stereocenters. The molecule has 2 aromatic rings. The molecule has 0 fully saturated rings. The molecule has 11 heteroatoms. The Hall–Kier alpha value is -2.63. The molecule has 2 rings (SSSR count). The van der Waals surface area contributed by atoms with Crippen molar-refractivity contribution in [1.82, 2.24) is 4.31 Å². The monoisotopic (exact) mass is 484 g/mol. The number of carboxylic acid groups (broad SMARTS) is 1. The van der Waals surface area contributed by atoms with Crippen molar-refractivity contribution in [1.29, 1.82) is 0 Å². The molecule has 0 aliphatic carbocycles. The number of hydrogen-bond acceptors (Lipinski definition) is 6. The van der Waals surface area contributed by atoms with E-state index in [4.69, 9.17) is 9.84 Å². The predicted octanol–water partition coefficient (Wildman–Crippen LogP) is 2.91. The Morgan fingerprint density at radius 3 is 2.19 bits per heavy atom. The van der Waals surface area contributed by atoms with Crippen LogP contribution in [0, 0.1) is 20.8 Å². The molecular weight excluding hydrogens is 456 g/mol. The zero-order valence-electron chi connectivity index (χ0n) is 18.7. The van der Waals surface area contributed by atoms with Crippen LogP contribution in [0.1, 0.15) is 29.5 Å². The van der Waals surface area contributed by atoms with Crippen LogP contribution in [0.4, 0.5) is 5.69 Å². The first-order chi connectivity index (χ1) is 14.8. The second-order valence-corrected chi connectivity index (χ2v) is 11.4. The second-order valence-electron chi connectivity index (χ2n) is 7.58. The SMILES string of the molecule is Cc1cc(S(=O)(=O)Nc2cc(S(=O)(=O)N(C)C)cc(C)c2C)ccc1OCCCC(=O)O. The molecule has 0 atom stereocenters. The second kappa shape index (κ2) is 9.88. The molecule has 0 bridgehead atoms. The van der Waals surface area contributed by atoms with Crippen molar-refractivity contribution in [2.75, 3.05) is 25.4 Å². The van der Waals surface area contributed by atoms with Gasteiger partial charge in [-0.15, -0.1) is 0 Å². The Balaban J connectivity index is 2.31. The summed E-state index contributed by atoms with van der Waals surface area (Å²) in [6.07, 6.45) is 0.317. The maximum absolute atomic E-state index is 13.0. The number of aliphatic carboxylic acids is 1. The van der Waals surface area contributed by atoms with Crippen molar-refractivity contribution in [2.45, 2.75) is 43.4 Å². The van der Waals surface area contributed by atoms with Crippen LogP contribution in [-0.4, -0.2) is 52.9 Å². The number of nitrogens with zero attached hydrogens (tertiary/aromatic N) is 1. The molecule has 2 N–H and O–H groups in total.